The third-order valence-corrected chi connectivity index (χ3v) is 4.82. The Kier molecular flexibility index (Phi) is 5.47. The third-order valence-electron chi connectivity index (χ3n) is 4.82. The minimum absolute atomic E-state index is 0.282. The van der Waals surface area contributed by atoms with Crippen LogP contribution in [0.15, 0.2) is 24.3 Å². The Labute approximate surface area is 124 Å². The van der Waals surface area contributed by atoms with E-state index < -0.39 is 0 Å². The van der Waals surface area contributed by atoms with E-state index in [0.29, 0.717) is 0 Å². The molecule has 0 bridgehead atoms. The number of para-hydroxylation sites is 1. The number of hydrogen-bond acceptors (Lipinski definition) is 2. The lowest BCUT2D eigenvalue weighted by Gasteiger charge is -2.36. The lowest BCUT2D eigenvalue weighted by molar-refractivity contribution is 0.311. The van der Waals surface area contributed by atoms with Crippen molar-refractivity contribution in [3.05, 3.63) is 29.8 Å². The largest absolute Gasteiger partial charge is 0.371 e. The second-order valence-corrected chi connectivity index (χ2v) is 6.57. The van der Waals surface area contributed by atoms with Gasteiger partial charge in [-0.3, -0.25) is 0 Å². The number of nitrogens with zero attached hydrogens (tertiary/aromatic N) is 1. The van der Waals surface area contributed by atoms with Gasteiger partial charge in [0.05, 0.1) is 0 Å². The molecule has 1 saturated heterocycles. The fourth-order valence-corrected chi connectivity index (χ4v) is 3.23. The van der Waals surface area contributed by atoms with Gasteiger partial charge in [-0.25, -0.2) is 0 Å². The van der Waals surface area contributed by atoms with E-state index in [1.54, 1.807) is 0 Å². The van der Waals surface area contributed by atoms with Gasteiger partial charge in [0.15, 0.2) is 0 Å². The first kappa shape index (κ1) is 15.4. The normalized spacial score (nSPS) is 18.6. The third kappa shape index (κ3) is 3.76. The summed E-state index contributed by atoms with van der Waals surface area (Å²) in [7, 11) is 0. The number of hydrogen-bond donors (Lipinski definition) is 1. The van der Waals surface area contributed by atoms with Gasteiger partial charge in [0.25, 0.3) is 0 Å². The molecule has 20 heavy (non-hydrogen) atoms. The molecular weight excluding hydrogens is 244 g/mol. The number of nitrogens with two attached hydrogens (primary N) is 1. The molecule has 0 saturated carbocycles. The predicted octanol–water partition coefficient (Wildman–Crippen LogP) is 3.84. The van der Waals surface area contributed by atoms with Gasteiger partial charge in [-0.05, 0) is 49.1 Å². The summed E-state index contributed by atoms with van der Waals surface area (Å²) in [5.74, 6) is 1.72. The summed E-state index contributed by atoms with van der Waals surface area (Å²) in [5.41, 5.74) is 8.98. The first-order valence-corrected chi connectivity index (χ1v) is 8.20. The van der Waals surface area contributed by atoms with Gasteiger partial charge in [0.1, 0.15) is 0 Å². The molecule has 0 amide bonds. The number of anilines is 1. The summed E-state index contributed by atoms with van der Waals surface area (Å²) in [6.45, 7) is 9.27. The molecule has 1 unspecified atom stereocenters. The molecule has 2 N–H and O–H groups in total. The second-order valence-electron chi connectivity index (χ2n) is 6.57. The summed E-state index contributed by atoms with van der Waals surface area (Å²) < 4.78 is 0. The Morgan fingerprint density at radius 3 is 2.45 bits per heavy atom. The van der Waals surface area contributed by atoms with Crippen LogP contribution in [0, 0.1) is 11.8 Å². The van der Waals surface area contributed by atoms with Gasteiger partial charge in [-0.2, -0.15) is 0 Å². The van der Waals surface area contributed by atoms with Crippen LogP contribution in [0.25, 0.3) is 0 Å². The first-order chi connectivity index (χ1) is 9.61. The zero-order valence-electron chi connectivity index (χ0n) is 13.3. The second kappa shape index (κ2) is 7.12. The fraction of sp³-hybridized carbons (Fsp3) is 0.667. The highest BCUT2D eigenvalue weighted by Crippen LogP contribution is 2.30. The lowest BCUT2D eigenvalue weighted by Crippen LogP contribution is -2.36. The quantitative estimate of drug-likeness (QED) is 0.884. The Morgan fingerprint density at radius 2 is 1.85 bits per heavy atom. The fourth-order valence-electron chi connectivity index (χ4n) is 3.23. The van der Waals surface area contributed by atoms with Crippen LogP contribution >= 0.6 is 0 Å². The van der Waals surface area contributed by atoms with Gasteiger partial charge in [-0.1, -0.05) is 39.0 Å². The van der Waals surface area contributed by atoms with E-state index in [0.717, 1.165) is 24.7 Å². The van der Waals surface area contributed by atoms with Crippen molar-refractivity contribution in [2.24, 2.45) is 17.6 Å². The Hall–Kier alpha value is -1.02. The van der Waals surface area contributed by atoms with Crippen LogP contribution in [0.2, 0.25) is 0 Å². The Morgan fingerprint density at radius 1 is 1.20 bits per heavy atom. The monoisotopic (exact) mass is 274 g/mol. The summed E-state index contributed by atoms with van der Waals surface area (Å²) in [6, 6.07) is 9.10. The zero-order chi connectivity index (χ0) is 14.5. The molecule has 0 aromatic heterocycles. The molecule has 1 aromatic rings. The summed E-state index contributed by atoms with van der Waals surface area (Å²) in [5, 5.41) is 0. The molecule has 0 aliphatic carbocycles. The average molecular weight is 274 g/mol. The van der Waals surface area contributed by atoms with E-state index in [1.165, 1.54) is 37.2 Å². The van der Waals surface area contributed by atoms with E-state index in [2.05, 4.69) is 49.9 Å². The predicted molar refractivity (Wildman–Crippen MR) is 88.2 cm³/mol. The molecule has 0 radical (unpaired) electrons. The van der Waals surface area contributed by atoms with Crippen molar-refractivity contribution in [1.29, 1.82) is 0 Å². The van der Waals surface area contributed by atoms with Crippen molar-refractivity contribution in [2.45, 2.75) is 52.5 Å². The van der Waals surface area contributed by atoms with E-state index in [9.17, 15) is 0 Å². The average Bonchev–Trinajstić information content (AvgIpc) is 2.48. The lowest BCUT2D eigenvalue weighted by atomic mass is 9.86. The van der Waals surface area contributed by atoms with Crippen LogP contribution in [-0.2, 0) is 6.42 Å². The smallest absolute Gasteiger partial charge is 0.0399 e. The maximum atomic E-state index is 6.15. The van der Waals surface area contributed by atoms with Crippen LogP contribution in [0.1, 0.15) is 45.6 Å². The van der Waals surface area contributed by atoms with Crippen molar-refractivity contribution in [3.63, 3.8) is 0 Å². The molecule has 2 heteroatoms. The number of benzene rings is 1. The molecule has 2 nitrogen and oxygen atoms in total. The standard InChI is InChI=1S/C18H30N2/c1-4-17(19)13-16-7-5-6-8-18(16)20-11-9-15(10-12-20)14(2)3/h5-8,14-15,17H,4,9-13,19H2,1-3H3. The SMILES string of the molecule is CCC(N)Cc1ccccc1N1CCC(C(C)C)CC1. The van der Waals surface area contributed by atoms with Gasteiger partial charge < -0.3 is 10.6 Å². The molecule has 1 aliphatic rings. The molecule has 112 valence electrons. The summed E-state index contributed by atoms with van der Waals surface area (Å²) in [4.78, 5) is 2.57. The van der Waals surface area contributed by atoms with Gasteiger partial charge in [0, 0.05) is 24.8 Å². The van der Waals surface area contributed by atoms with Crippen molar-refractivity contribution in [3.8, 4) is 0 Å². The van der Waals surface area contributed by atoms with Crippen molar-refractivity contribution >= 4 is 5.69 Å². The minimum Gasteiger partial charge on any atom is -0.371 e. The van der Waals surface area contributed by atoms with Crippen LogP contribution < -0.4 is 10.6 Å². The zero-order valence-corrected chi connectivity index (χ0v) is 13.3. The highest BCUT2D eigenvalue weighted by molar-refractivity contribution is 5.54. The van der Waals surface area contributed by atoms with Crippen LogP contribution in [0.3, 0.4) is 0 Å². The number of piperidine rings is 1. The van der Waals surface area contributed by atoms with Crippen molar-refractivity contribution in [1.82, 2.24) is 0 Å². The molecule has 1 fully saturated rings. The molecule has 2 rings (SSSR count). The van der Waals surface area contributed by atoms with Crippen LogP contribution in [0.5, 0.6) is 0 Å². The molecule has 1 aliphatic heterocycles. The molecule has 1 heterocycles. The van der Waals surface area contributed by atoms with E-state index in [-0.39, 0.29) is 6.04 Å². The topological polar surface area (TPSA) is 29.3 Å². The van der Waals surface area contributed by atoms with Crippen LogP contribution in [0.4, 0.5) is 5.69 Å². The molecule has 0 spiro atoms. The first-order valence-electron chi connectivity index (χ1n) is 8.20. The van der Waals surface area contributed by atoms with Crippen molar-refractivity contribution in [2.75, 3.05) is 18.0 Å². The maximum Gasteiger partial charge on any atom is 0.0399 e. The van der Waals surface area contributed by atoms with Gasteiger partial charge in [0.2, 0.25) is 0 Å². The molecule has 1 atom stereocenters. The van der Waals surface area contributed by atoms with E-state index in [4.69, 9.17) is 5.73 Å². The van der Waals surface area contributed by atoms with Gasteiger partial charge >= 0.3 is 0 Å². The van der Waals surface area contributed by atoms with E-state index >= 15 is 0 Å². The van der Waals surface area contributed by atoms with Gasteiger partial charge in [-0.15, -0.1) is 0 Å². The highest BCUT2D eigenvalue weighted by atomic mass is 15.1. The molecular formula is C18H30N2. The molecule has 1 aromatic carbocycles. The maximum absolute atomic E-state index is 6.15. The van der Waals surface area contributed by atoms with E-state index in [1.807, 2.05) is 0 Å². The highest BCUT2D eigenvalue weighted by Gasteiger charge is 2.23. The minimum atomic E-state index is 0.282. The summed E-state index contributed by atoms with van der Waals surface area (Å²) >= 11 is 0. The summed E-state index contributed by atoms with van der Waals surface area (Å²) in [6.07, 6.45) is 4.69. The Balaban J connectivity index is 2.06. The van der Waals surface area contributed by atoms with Crippen LogP contribution in [-0.4, -0.2) is 19.1 Å². The number of rotatable bonds is 5. The van der Waals surface area contributed by atoms with Crippen molar-refractivity contribution < 1.29 is 0 Å². The Bertz CT molecular complexity index is 406.